The highest BCUT2D eigenvalue weighted by atomic mass is 19.1. The van der Waals surface area contributed by atoms with Gasteiger partial charge in [0.1, 0.15) is 23.0 Å². The van der Waals surface area contributed by atoms with Gasteiger partial charge >= 0.3 is 0 Å². The van der Waals surface area contributed by atoms with Crippen molar-refractivity contribution in [3.05, 3.63) is 65.0 Å². The van der Waals surface area contributed by atoms with Crippen molar-refractivity contribution in [2.75, 3.05) is 18.4 Å². The molecule has 7 heteroatoms. The standard InChI is InChI=1S/C17H15F3N2O2/c1-10(23)15-11(18)6-3-7-14(15)21-8-9-22-17(24)16-12(19)4-2-5-13(16)20/h2-7,21H,8-9H2,1H3,(H,22,24). The maximum Gasteiger partial charge on any atom is 0.257 e. The first-order chi connectivity index (χ1) is 11.4. The number of halogens is 3. The number of carbonyl (C=O) groups is 2. The minimum atomic E-state index is -0.954. The molecule has 0 saturated heterocycles. The molecule has 2 N–H and O–H groups in total. The molecular weight excluding hydrogens is 321 g/mol. The molecule has 2 rings (SSSR count). The van der Waals surface area contributed by atoms with E-state index in [1.165, 1.54) is 25.1 Å². The number of amides is 1. The number of nitrogens with one attached hydrogen (secondary N) is 2. The molecule has 0 radical (unpaired) electrons. The summed E-state index contributed by atoms with van der Waals surface area (Å²) in [6.07, 6.45) is 0. The zero-order chi connectivity index (χ0) is 17.7. The van der Waals surface area contributed by atoms with E-state index in [4.69, 9.17) is 0 Å². The minimum Gasteiger partial charge on any atom is -0.383 e. The summed E-state index contributed by atoms with van der Waals surface area (Å²) in [7, 11) is 0. The Morgan fingerprint density at radius 3 is 2.00 bits per heavy atom. The van der Waals surface area contributed by atoms with Crippen LogP contribution in [-0.2, 0) is 0 Å². The van der Waals surface area contributed by atoms with Gasteiger partial charge in [0.25, 0.3) is 5.91 Å². The van der Waals surface area contributed by atoms with Crippen molar-refractivity contribution in [2.45, 2.75) is 6.92 Å². The van der Waals surface area contributed by atoms with Crippen LogP contribution in [0, 0.1) is 17.5 Å². The topological polar surface area (TPSA) is 58.2 Å². The Bertz CT molecular complexity index is 758. The fourth-order valence-electron chi connectivity index (χ4n) is 2.21. The van der Waals surface area contributed by atoms with Gasteiger partial charge < -0.3 is 10.6 Å². The van der Waals surface area contributed by atoms with E-state index < -0.39 is 34.7 Å². The van der Waals surface area contributed by atoms with E-state index in [1.807, 2.05) is 0 Å². The number of hydrogen-bond donors (Lipinski definition) is 2. The van der Waals surface area contributed by atoms with Crippen LogP contribution in [0.5, 0.6) is 0 Å². The summed E-state index contributed by atoms with van der Waals surface area (Å²) < 4.78 is 40.6. The second-order valence-corrected chi connectivity index (χ2v) is 5.00. The van der Waals surface area contributed by atoms with E-state index in [-0.39, 0.29) is 24.3 Å². The molecule has 1 amide bonds. The minimum absolute atomic E-state index is 0.0282. The molecule has 0 heterocycles. The Balaban J connectivity index is 1.96. The first kappa shape index (κ1) is 17.5. The number of carbonyl (C=O) groups excluding carboxylic acids is 2. The van der Waals surface area contributed by atoms with E-state index in [1.54, 1.807) is 0 Å². The van der Waals surface area contributed by atoms with Gasteiger partial charge in [-0.1, -0.05) is 12.1 Å². The zero-order valence-electron chi connectivity index (χ0n) is 12.8. The summed E-state index contributed by atoms with van der Waals surface area (Å²) in [5.41, 5.74) is -0.453. The van der Waals surface area contributed by atoms with Crippen LogP contribution >= 0.6 is 0 Å². The maximum absolute atomic E-state index is 13.6. The van der Waals surface area contributed by atoms with Crippen LogP contribution in [0.2, 0.25) is 0 Å². The first-order valence-corrected chi connectivity index (χ1v) is 7.17. The maximum atomic E-state index is 13.6. The number of anilines is 1. The highest BCUT2D eigenvalue weighted by Crippen LogP contribution is 2.19. The van der Waals surface area contributed by atoms with Crippen LogP contribution in [-0.4, -0.2) is 24.8 Å². The highest BCUT2D eigenvalue weighted by Gasteiger charge is 2.16. The van der Waals surface area contributed by atoms with Gasteiger partial charge in [-0.25, -0.2) is 13.2 Å². The second-order valence-electron chi connectivity index (χ2n) is 5.00. The monoisotopic (exact) mass is 336 g/mol. The van der Waals surface area contributed by atoms with E-state index in [9.17, 15) is 22.8 Å². The third-order valence-electron chi connectivity index (χ3n) is 3.28. The third-order valence-corrected chi connectivity index (χ3v) is 3.28. The second kappa shape index (κ2) is 7.63. The largest absolute Gasteiger partial charge is 0.383 e. The number of Topliss-reactive ketones (excluding diaryl/α,β-unsaturated/α-hetero) is 1. The Morgan fingerprint density at radius 1 is 0.875 bits per heavy atom. The van der Waals surface area contributed by atoms with Crippen LogP contribution < -0.4 is 10.6 Å². The number of ketones is 1. The Hall–Kier alpha value is -2.83. The SMILES string of the molecule is CC(=O)c1c(F)cccc1NCCNC(=O)c1c(F)cccc1F. The predicted molar refractivity (Wildman–Crippen MR) is 83.6 cm³/mol. The number of rotatable bonds is 6. The summed E-state index contributed by atoms with van der Waals surface area (Å²) >= 11 is 0. The quantitative estimate of drug-likeness (QED) is 0.629. The lowest BCUT2D eigenvalue weighted by molar-refractivity contribution is 0.0945. The van der Waals surface area contributed by atoms with E-state index in [0.717, 1.165) is 18.2 Å². The van der Waals surface area contributed by atoms with Gasteiger partial charge in [0.15, 0.2) is 5.78 Å². The van der Waals surface area contributed by atoms with Crippen LogP contribution in [0.15, 0.2) is 36.4 Å². The van der Waals surface area contributed by atoms with Gasteiger partial charge in [0.05, 0.1) is 5.56 Å². The molecule has 0 saturated carbocycles. The van der Waals surface area contributed by atoms with Crippen molar-refractivity contribution in [2.24, 2.45) is 0 Å². The van der Waals surface area contributed by atoms with E-state index in [2.05, 4.69) is 10.6 Å². The van der Waals surface area contributed by atoms with Gasteiger partial charge in [-0.2, -0.15) is 0 Å². The predicted octanol–water partition coefficient (Wildman–Crippen LogP) is 3.15. The van der Waals surface area contributed by atoms with E-state index >= 15 is 0 Å². The molecular formula is C17H15F3N2O2. The molecule has 126 valence electrons. The lowest BCUT2D eigenvalue weighted by atomic mass is 10.1. The van der Waals surface area contributed by atoms with Crippen molar-refractivity contribution in [1.82, 2.24) is 5.32 Å². The molecule has 0 atom stereocenters. The Kier molecular flexibility index (Phi) is 5.57. The number of hydrogen-bond acceptors (Lipinski definition) is 3. The normalized spacial score (nSPS) is 10.3. The van der Waals surface area contributed by atoms with Gasteiger partial charge in [-0.05, 0) is 31.2 Å². The lowest BCUT2D eigenvalue weighted by Crippen LogP contribution is -2.30. The Labute approximate surface area is 136 Å². The number of benzene rings is 2. The molecule has 0 aliphatic carbocycles. The average molecular weight is 336 g/mol. The van der Waals surface area contributed by atoms with Crippen molar-refractivity contribution in [3.8, 4) is 0 Å². The highest BCUT2D eigenvalue weighted by molar-refractivity contribution is 5.99. The molecule has 0 aliphatic heterocycles. The summed E-state index contributed by atoms with van der Waals surface area (Å²) in [5.74, 6) is -3.88. The Morgan fingerprint density at radius 2 is 1.42 bits per heavy atom. The summed E-state index contributed by atoms with van der Waals surface area (Å²) in [4.78, 5) is 23.2. The summed E-state index contributed by atoms with van der Waals surface area (Å²) in [6, 6.07) is 7.28. The van der Waals surface area contributed by atoms with Crippen molar-refractivity contribution in [1.29, 1.82) is 0 Å². The lowest BCUT2D eigenvalue weighted by Gasteiger charge is -2.12. The molecule has 2 aromatic rings. The zero-order valence-corrected chi connectivity index (χ0v) is 12.8. The van der Waals surface area contributed by atoms with Gasteiger partial charge in [-0.15, -0.1) is 0 Å². The third kappa shape index (κ3) is 3.92. The first-order valence-electron chi connectivity index (χ1n) is 7.17. The van der Waals surface area contributed by atoms with Crippen molar-refractivity contribution >= 4 is 17.4 Å². The van der Waals surface area contributed by atoms with Crippen LogP contribution in [0.25, 0.3) is 0 Å². The van der Waals surface area contributed by atoms with Gasteiger partial charge in [0.2, 0.25) is 0 Å². The van der Waals surface area contributed by atoms with Crippen LogP contribution in [0.4, 0.5) is 18.9 Å². The molecule has 24 heavy (non-hydrogen) atoms. The van der Waals surface area contributed by atoms with Crippen molar-refractivity contribution < 1.29 is 22.8 Å². The summed E-state index contributed by atoms with van der Waals surface area (Å²) in [6.45, 7) is 1.42. The molecule has 0 aliphatic rings. The molecule has 0 spiro atoms. The van der Waals surface area contributed by atoms with E-state index in [0.29, 0.717) is 0 Å². The van der Waals surface area contributed by atoms with Gasteiger partial charge in [0, 0.05) is 18.8 Å². The fraction of sp³-hybridized carbons (Fsp3) is 0.176. The van der Waals surface area contributed by atoms with Crippen LogP contribution in [0.3, 0.4) is 0 Å². The average Bonchev–Trinajstić information content (AvgIpc) is 2.51. The molecule has 2 aromatic carbocycles. The van der Waals surface area contributed by atoms with Gasteiger partial charge in [-0.3, -0.25) is 9.59 Å². The molecule has 0 unspecified atom stereocenters. The van der Waals surface area contributed by atoms with Crippen molar-refractivity contribution in [3.63, 3.8) is 0 Å². The molecule has 0 bridgehead atoms. The summed E-state index contributed by atoms with van der Waals surface area (Å²) in [5, 5.41) is 5.16. The molecule has 0 fully saturated rings. The van der Waals surface area contributed by atoms with Crippen LogP contribution in [0.1, 0.15) is 27.6 Å². The smallest absolute Gasteiger partial charge is 0.257 e. The fourth-order valence-corrected chi connectivity index (χ4v) is 2.21. The molecule has 4 nitrogen and oxygen atoms in total. The molecule has 0 aromatic heterocycles.